The van der Waals surface area contributed by atoms with Crippen LogP contribution in [0.2, 0.25) is 0 Å². The lowest BCUT2D eigenvalue weighted by Gasteiger charge is -2.01. The molecule has 0 unspecified atom stereocenters. The monoisotopic (exact) mass is 218 g/mol. The largest absolute Gasteiger partial charge is 0.508 e. The maximum atomic E-state index is 9.16. The van der Waals surface area contributed by atoms with Gasteiger partial charge in [0, 0.05) is 11.8 Å². The molecule has 1 aromatic carbocycles. The van der Waals surface area contributed by atoms with Gasteiger partial charge in [0.2, 0.25) is 0 Å². The van der Waals surface area contributed by atoms with Crippen LogP contribution in [0.4, 0.5) is 0 Å². The van der Waals surface area contributed by atoms with E-state index >= 15 is 0 Å². The summed E-state index contributed by atoms with van der Waals surface area (Å²) in [5.41, 5.74) is 0.906. The van der Waals surface area contributed by atoms with E-state index in [1.165, 1.54) is 0 Å². The Morgan fingerprint density at radius 1 is 1.13 bits per heavy atom. The van der Waals surface area contributed by atoms with Crippen LogP contribution in [-0.4, -0.2) is 21.3 Å². The molecular formula is C11H10N2OS. The minimum atomic E-state index is 0.250. The van der Waals surface area contributed by atoms with E-state index in [2.05, 4.69) is 9.97 Å². The highest BCUT2D eigenvalue weighted by Gasteiger charge is 2.01. The van der Waals surface area contributed by atoms with Crippen LogP contribution in [-0.2, 0) is 0 Å². The van der Waals surface area contributed by atoms with E-state index in [1.54, 1.807) is 42.2 Å². The Morgan fingerprint density at radius 3 is 2.53 bits per heavy atom. The van der Waals surface area contributed by atoms with Crippen LogP contribution in [0.1, 0.15) is 0 Å². The van der Waals surface area contributed by atoms with Gasteiger partial charge in [0.05, 0.1) is 5.03 Å². The molecule has 76 valence electrons. The average molecular weight is 218 g/mol. The molecule has 0 bridgehead atoms. The molecule has 3 nitrogen and oxygen atoms in total. The number of benzene rings is 1. The lowest BCUT2D eigenvalue weighted by atomic mass is 10.2. The quantitative estimate of drug-likeness (QED) is 0.621. The molecule has 0 aliphatic carbocycles. The summed E-state index contributed by atoms with van der Waals surface area (Å²) in [6.45, 7) is 0. The van der Waals surface area contributed by atoms with Crippen LogP contribution >= 0.6 is 11.8 Å². The fraction of sp³-hybridized carbons (Fsp3) is 0.0909. The summed E-state index contributed by atoms with van der Waals surface area (Å²) in [5, 5.41) is 10.1. The second-order valence-corrected chi connectivity index (χ2v) is 3.80. The Bertz CT molecular complexity index is 456. The van der Waals surface area contributed by atoms with E-state index in [1.807, 2.05) is 12.3 Å². The highest BCUT2D eigenvalue weighted by molar-refractivity contribution is 7.98. The highest BCUT2D eigenvalue weighted by Crippen LogP contribution is 2.20. The van der Waals surface area contributed by atoms with Crippen molar-refractivity contribution in [1.29, 1.82) is 0 Å². The third-order valence-electron chi connectivity index (χ3n) is 1.96. The first-order valence-corrected chi connectivity index (χ1v) is 5.68. The zero-order valence-corrected chi connectivity index (χ0v) is 9.03. The molecule has 0 aliphatic heterocycles. The molecule has 1 aromatic heterocycles. The SMILES string of the molecule is CSc1ccnc(-c2ccc(O)cc2)n1. The molecule has 0 atom stereocenters. The molecule has 0 spiro atoms. The molecule has 15 heavy (non-hydrogen) atoms. The number of phenolic OH excluding ortho intramolecular Hbond substituents is 1. The van der Waals surface area contributed by atoms with Gasteiger partial charge < -0.3 is 5.11 Å². The second-order valence-electron chi connectivity index (χ2n) is 2.97. The molecule has 2 rings (SSSR count). The summed E-state index contributed by atoms with van der Waals surface area (Å²) in [4.78, 5) is 8.54. The predicted molar refractivity (Wildman–Crippen MR) is 60.9 cm³/mol. The van der Waals surface area contributed by atoms with Crippen LogP contribution in [0.5, 0.6) is 5.75 Å². The molecule has 0 aliphatic rings. The number of nitrogens with zero attached hydrogens (tertiary/aromatic N) is 2. The molecule has 0 fully saturated rings. The molecule has 0 radical (unpaired) electrons. The second kappa shape index (κ2) is 4.31. The van der Waals surface area contributed by atoms with Crippen molar-refractivity contribution in [1.82, 2.24) is 9.97 Å². The fourth-order valence-electron chi connectivity index (χ4n) is 1.21. The number of hydrogen-bond acceptors (Lipinski definition) is 4. The summed E-state index contributed by atoms with van der Waals surface area (Å²) in [6.07, 6.45) is 3.71. The van der Waals surface area contributed by atoms with Crippen molar-refractivity contribution in [2.24, 2.45) is 0 Å². The number of rotatable bonds is 2. The Balaban J connectivity index is 2.40. The molecule has 2 aromatic rings. The Morgan fingerprint density at radius 2 is 1.87 bits per heavy atom. The standard InChI is InChI=1S/C11H10N2OS/c1-15-10-6-7-12-11(13-10)8-2-4-9(14)5-3-8/h2-7,14H,1H3. The Kier molecular flexibility index (Phi) is 2.87. The third-order valence-corrected chi connectivity index (χ3v) is 2.61. The van der Waals surface area contributed by atoms with Gasteiger partial charge in [0.1, 0.15) is 5.75 Å². The maximum Gasteiger partial charge on any atom is 0.160 e. The van der Waals surface area contributed by atoms with Gasteiger partial charge in [-0.1, -0.05) is 0 Å². The highest BCUT2D eigenvalue weighted by atomic mass is 32.2. The van der Waals surface area contributed by atoms with Gasteiger partial charge in [0.25, 0.3) is 0 Å². The zero-order valence-electron chi connectivity index (χ0n) is 8.21. The van der Waals surface area contributed by atoms with Crippen molar-refractivity contribution < 1.29 is 5.11 Å². The van der Waals surface area contributed by atoms with Gasteiger partial charge in [0.15, 0.2) is 5.82 Å². The fourth-order valence-corrected chi connectivity index (χ4v) is 1.58. The number of phenols is 1. The summed E-state index contributed by atoms with van der Waals surface area (Å²) in [7, 11) is 0. The first-order chi connectivity index (χ1) is 7.29. The van der Waals surface area contributed by atoms with Crippen LogP contribution in [0, 0.1) is 0 Å². The van der Waals surface area contributed by atoms with Gasteiger partial charge >= 0.3 is 0 Å². The van der Waals surface area contributed by atoms with Gasteiger partial charge in [-0.25, -0.2) is 9.97 Å². The first-order valence-electron chi connectivity index (χ1n) is 4.46. The Hall–Kier alpha value is -1.55. The van der Waals surface area contributed by atoms with Crippen molar-refractivity contribution in [3.63, 3.8) is 0 Å². The van der Waals surface area contributed by atoms with Gasteiger partial charge in [-0.3, -0.25) is 0 Å². The van der Waals surface area contributed by atoms with Crippen molar-refractivity contribution in [2.45, 2.75) is 5.03 Å². The summed E-state index contributed by atoms with van der Waals surface area (Å²) >= 11 is 1.58. The van der Waals surface area contributed by atoms with E-state index in [0.717, 1.165) is 10.6 Å². The van der Waals surface area contributed by atoms with E-state index in [4.69, 9.17) is 5.11 Å². The lowest BCUT2D eigenvalue weighted by molar-refractivity contribution is 0.475. The van der Waals surface area contributed by atoms with Crippen LogP contribution in [0.3, 0.4) is 0 Å². The topological polar surface area (TPSA) is 46.0 Å². The maximum absolute atomic E-state index is 9.16. The molecule has 1 heterocycles. The normalized spacial score (nSPS) is 10.2. The minimum absolute atomic E-state index is 0.250. The molecule has 1 N–H and O–H groups in total. The van der Waals surface area contributed by atoms with Crippen molar-refractivity contribution in [3.05, 3.63) is 36.5 Å². The summed E-state index contributed by atoms with van der Waals surface area (Å²) in [5.74, 6) is 0.932. The number of aromatic hydroxyl groups is 1. The molecular weight excluding hydrogens is 208 g/mol. The van der Waals surface area contributed by atoms with Crippen LogP contribution in [0.15, 0.2) is 41.6 Å². The first kappa shape index (κ1) is 9.98. The van der Waals surface area contributed by atoms with Crippen molar-refractivity contribution in [2.75, 3.05) is 6.26 Å². The smallest absolute Gasteiger partial charge is 0.160 e. The van der Waals surface area contributed by atoms with Crippen LogP contribution in [0.25, 0.3) is 11.4 Å². The van der Waals surface area contributed by atoms with Crippen molar-refractivity contribution >= 4 is 11.8 Å². The minimum Gasteiger partial charge on any atom is -0.508 e. The van der Waals surface area contributed by atoms with Gasteiger partial charge in [-0.2, -0.15) is 0 Å². The van der Waals surface area contributed by atoms with Gasteiger partial charge in [-0.15, -0.1) is 11.8 Å². The lowest BCUT2D eigenvalue weighted by Crippen LogP contribution is -1.89. The van der Waals surface area contributed by atoms with E-state index in [9.17, 15) is 0 Å². The molecule has 0 saturated carbocycles. The number of aromatic nitrogens is 2. The summed E-state index contributed by atoms with van der Waals surface area (Å²) < 4.78 is 0. The van der Waals surface area contributed by atoms with Crippen LogP contribution < -0.4 is 0 Å². The third kappa shape index (κ3) is 2.27. The predicted octanol–water partition coefficient (Wildman–Crippen LogP) is 2.57. The average Bonchev–Trinajstić information content (AvgIpc) is 2.30. The molecule has 0 amide bonds. The zero-order chi connectivity index (χ0) is 10.7. The van der Waals surface area contributed by atoms with Gasteiger partial charge in [-0.05, 0) is 36.6 Å². The Labute approximate surface area is 92.2 Å². The van der Waals surface area contributed by atoms with E-state index in [0.29, 0.717) is 5.82 Å². The number of hydrogen-bond donors (Lipinski definition) is 1. The number of thioether (sulfide) groups is 1. The van der Waals surface area contributed by atoms with E-state index < -0.39 is 0 Å². The van der Waals surface area contributed by atoms with E-state index in [-0.39, 0.29) is 5.75 Å². The summed E-state index contributed by atoms with van der Waals surface area (Å²) in [6, 6.07) is 8.73. The molecule has 4 heteroatoms. The van der Waals surface area contributed by atoms with Crippen molar-refractivity contribution in [3.8, 4) is 17.1 Å². The molecule has 0 saturated heterocycles.